The Labute approximate surface area is 138 Å². The smallest absolute Gasteiger partial charge is 0.411 e. The second-order valence-corrected chi connectivity index (χ2v) is 6.45. The number of nitrogens with one attached hydrogen (secondary N) is 1. The van der Waals surface area contributed by atoms with Gasteiger partial charge in [0.1, 0.15) is 5.82 Å². The molecule has 1 aromatic rings. The van der Waals surface area contributed by atoms with Crippen LogP contribution in [0.1, 0.15) is 13.8 Å². The highest BCUT2D eigenvalue weighted by atomic mass is 32.2. The van der Waals surface area contributed by atoms with Crippen LogP contribution in [0.5, 0.6) is 5.75 Å². The van der Waals surface area contributed by atoms with Crippen molar-refractivity contribution in [2.75, 3.05) is 5.75 Å². The standard InChI is InChI=1S/C14H13F5N2O2S/c1-13(2,23-9-4-3-7(15)5-8(9)16)11(22)21-12-20-10(6-24-12)14(17,18)19/h3-5,10H,6H2,1-2H3,(H,20,21,22). The van der Waals surface area contributed by atoms with Crippen LogP contribution in [0.2, 0.25) is 0 Å². The lowest BCUT2D eigenvalue weighted by Crippen LogP contribution is -2.48. The maximum atomic E-state index is 13.6. The minimum absolute atomic E-state index is 0.182. The predicted octanol–water partition coefficient (Wildman–Crippen LogP) is 3.27. The Morgan fingerprint density at radius 2 is 2.00 bits per heavy atom. The quantitative estimate of drug-likeness (QED) is 0.834. The summed E-state index contributed by atoms with van der Waals surface area (Å²) in [7, 11) is 0. The highest BCUT2D eigenvalue weighted by molar-refractivity contribution is 8.14. The molecule has 1 aliphatic rings. The number of carbonyl (C=O) groups excluding carboxylic acids is 1. The predicted molar refractivity (Wildman–Crippen MR) is 78.9 cm³/mol. The monoisotopic (exact) mass is 368 g/mol. The molecule has 1 amide bonds. The highest BCUT2D eigenvalue weighted by Gasteiger charge is 2.43. The number of ether oxygens (including phenoxy) is 1. The van der Waals surface area contributed by atoms with Gasteiger partial charge < -0.3 is 10.1 Å². The van der Waals surface area contributed by atoms with Crippen molar-refractivity contribution in [3.8, 4) is 5.75 Å². The number of amidine groups is 1. The van der Waals surface area contributed by atoms with Gasteiger partial charge in [-0.3, -0.25) is 4.79 Å². The van der Waals surface area contributed by atoms with Crippen molar-refractivity contribution < 1.29 is 31.5 Å². The molecule has 0 spiro atoms. The van der Waals surface area contributed by atoms with Crippen LogP contribution in [0.4, 0.5) is 22.0 Å². The molecule has 0 saturated carbocycles. The molecule has 132 valence electrons. The molecule has 0 aromatic heterocycles. The van der Waals surface area contributed by atoms with Crippen LogP contribution in [-0.2, 0) is 4.79 Å². The van der Waals surface area contributed by atoms with E-state index in [1.807, 2.05) is 0 Å². The van der Waals surface area contributed by atoms with Gasteiger partial charge in [-0.15, -0.1) is 0 Å². The highest BCUT2D eigenvalue weighted by Crippen LogP contribution is 2.31. The first kappa shape index (κ1) is 18.5. The molecule has 1 aromatic carbocycles. The van der Waals surface area contributed by atoms with Gasteiger partial charge in [0, 0.05) is 11.8 Å². The first-order valence-electron chi connectivity index (χ1n) is 6.72. The average molecular weight is 368 g/mol. The van der Waals surface area contributed by atoms with E-state index < -0.39 is 35.4 Å². The Morgan fingerprint density at radius 1 is 1.33 bits per heavy atom. The van der Waals surface area contributed by atoms with Gasteiger partial charge in [0.25, 0.3) is 5.91 Å². The summed E-state index contributed by atoms with van der Waals surface area (Å²) in [5, 5.41) is 2.04. The molecule has 0 aliphatic carbocycles. The topological polar surface area (TPSA) is 50.7 Å². The molecule has 0 saturated heterocycles. The number of hydrogen-bond donors (Lipinski definition) is 1. The van der Waals surface area contributed by atoms with Crippen LogP contribution in [0.3, 0.4) is 0 Å². The summed E-state index contributed by atoms with van der Waals surface area (Å²) in [5.41, 5.74) is -1.61. The van der Waals surface area contributed by atoms with Gasteiger partial charge in [-0.2, -0.15) is 13.2 Å². The van der Waals surface area contributed by atoms with Crippen molar-refractivity contribution in [2.24, 2.45) is 4.99 Å². The molecule has 0 bridgehead atoms. The number of benzene rings is 1. The SMILES string of the molecule is CC(C)(Oc1ccc(F)cc1F)C(=O)NC1=NC(C(F)(F)F)CS1. The van der Waals surface area contributed by atoms with Gasteiger partial charge in [0.2, 0.25) is 0 Å². The fourth-order valence-corrected chi connectivity index (χ4v) is 2.68. The minimum Gasteiger partial charge on any atom is -0.475 e. The second-order valence-electron chi connectivity index (χ2n) is 5.44. The Morgan fingerprint density at radius 3 is 2.54 bits per heavy atom. The normalized spacial score (nSPS) is 18.3. The number of rotatable bonds is 3. The molecule has 0 radical (unpaired) electrons. The maximum absolute atomic E-state index is 13.6. The Kier molecular flexibility index (Phi) is 5.07. The molecule has 4 nitrogen and oxygen atoms in total. The van der Waals surface area contributed by atoms with E-state index in [1.54, 1.807) is 0 Å². The molecule has 24 heavy (non-hydrogen) atoms. The van der Waals surface area contributed by atoms with Gasteiger partial charge in [0.15, 0.2) is 28.4 Å². The summed E-state index contributed by atoms with van der Waals surface area (Å²) in [6.07, 6.45) is -4.48. The molecule has 1 atom stereocenters. The molecule has 1 unspecified atom stereocenters. The van der Waals surface area contributed by atoms with Crippen molar-refractivity contribution in [3.63, 3.8) is 0 Å². The van der Waals surface area contributed by atoms with E-state index in [4.69, 9.17) is 4.74 Å². The van der Waals surface area contributed by atoms with E-state index in [-0.39, 0.29) is 16.7 Å². The van der Waals surface area contributed by atoms with Crippen molar-refractivity contribution in [3.05, 3.63) is 29.8 Å². The van der Waals surface area contributed by atoms with Crippen LogP contribution in [-0.4, -0.2) is 34.6 Å². The van der Waals surface area contributed by atoms with E-state index in [0.29, 0.717) is 6.07 Å². The van der Waals surface area contributed by atoms with Crippen molar-refractivity contribution in [2.45, 2.75) is 31.7 Å². The van der Waals surface area contributed by atoms with Crippen molar-refractivity contribution in [1.82, 2.24) is 5.32 Å². The number of thioether (sulfide) groups is 1. The summed E-state index contributed by atoms with van der Waals surface area (Å²) < 4.78 is 69.3. The van der Waals surface area contributed by atoms with Gasteiger partial charge in [-0.05, 0) is 26.0 Å². The minimum atomic E-state index is -4.48. The molecule has 1 aliphatic heterocycles. The number of aliphatic imine (C=N–C) groups is 1. The van der Waals surface area contributed by atoms with Gasteiger partial charge >= 0.3 is 6.18 Å². The summed E-state index contributed by atoms with van der Waals surface area (Å²) in [6, 6.07) is 0.684. The second kappa shape index (κ2) is 6.58. The first-order valence-corrected chi connectivity index (χ1v) is 7.70. The van der Waals surface area contributed by atoms with Gasteiger partial charge in [-0.25, -0.2) is 13.8 Å². The number of carbonyl (C=O) groups is 1. The van der Waals surface area contributed by atoms with Crippen LogP contribution in [0.25, 0.3) is 0 Å². The number of amides is 1. The summed E-state index contributed by atoms with van der Waals surface area (Å²) in [6.45, 7) is 2.60. The zero-order chi connectivity index (χ0) is 18.1. The van der Waals surface area contributed by atoms with E-state index in [2.05, 4.69) is 10.3 Å². The van der Waals surface area contributed by atoms with E-state index in [1.165, 1.54) is 13.8 Å². The fourth-order valence-electron chi connectivity index (χ4n) is 1.74. The van der Waals surface area contributed by atoms with Crippen LogP contribution < -0.4 is 10.1 Å². The Hall–Kier alpha value is -1.84. The summed E-state index contributed by atoms with van der Waals surface area (Å²) in [4.78, 5) is 15.5. The van der Waals surface area contributed by atoms with Crippen LogP contribution >= 0.6 is 11.8 Å². The number of alkyl halides is 3. The third-order valence-electron chi connectivity index (χ3n) is 3.06. The van der Waals surface area contributed by atoms with Gasteiger partial charge in [0.05, 0.1) is 0 Å². The van der Waals surface area contributed by atoms with E-state index >= 15 is 0 Å². The lowest BCUT2D eigenvalue weighted by atomic mass is 10.1. The summed E-state index contributed by atoms with van der Waals surface area (Å²) >= 11 is 0.752. The Balaban J connectivity index is 2.05. The molecule has 1 N–H and O–H groups in total. The molecule has 2 rings (SSSR count). The molecular formula is C14H13F5N2O2S. The lowest BCUT2D eigenvalue weighted by molar-refractivity contribution is -0.141. The molecule has 10 heteroatoms. The summed E-state index contributed by atoms with van der Waals surface area (Å²) in [5.74, 6) is -3.30. The maximum Gasteiger partial charge on any atom is 0.411 e. The Bertz CT molecular complexity index is 676. The van der Waals surface area contributed by atoms with Crippen LogP contribution in [0.15, 0.2) is 23.2 Å². The van der Waals surface area contributed by atoms with Crippen LogP contribution in [0, 0.1) is 11.6 Å². The first-order chi connectivity index (χ1) is 11.0. The van der Waals surface area contributed by atoms with E-state index in [9.17, 15) is 26.7 Å². The van der Waals surface area contributed by atoms with Crippen molar-refractivity contribution in [1.29, 1.82) is 0 Å². The average Bonchev–Trinajstić information content (AvgIpc) is 2.90. The lowest BCUT2D eigenvalue weighted by Gasteiger charge is -2.25. The van der Waals surface area contributed by atoms with E-state index in [0.717, 1.165) is 23.9 Å². The molecule has 1 heterocycles. The zero-order valence-corrected chi connectivity index (χ0v) is 13.4. The molecule has 0 fully saturated rings. The number of nitrogens with zero attached hydrogens (tertiary/aromatic N) is 1. The largest absolute Gasteiger partial charge is 0.475 e. The number of halogens is 5. The third-order valence-corrected chi connectivity index (χ3v) is 4.02. The van der Waals surface area contributed by atoms with Gasteiger partial charge in [-0.1, -0.05) is 11.8 Å². The number of hydrogen-bond acceptors (Lipinski definition) is 4. The molecular weight excluding hydrogens is 355 g/mol. The zero-order valence-electron chi connectivity index (χ0n) is 12.6. The fraction of sp³-hybridized carbons (Fsp3) is 0.429. The van der Waals surface area contributed by atoms with Crippen molar-refractivity contribution >= 4 is 22.8 Å². The third kappa shape index (κ3) is 4.37.